The molecule has 0 amide bonds. The maximum Gasteiger partial charge on any atom is 0.319 e. The van der Waals surface area contributed by atoms with Gasteiger partial charge in [-0.05, 0) is 25.8 Å². The van der Waals surface area contributed by atoms with Crippen LogP contribution in [0.15, 0.2) is 0 Å². The van der Waals surface area contributed by atoms with Gasteiger partial charge in [-0.1, -0.05) is 6.92 Å². The molecule has 2 N–H and O–H groups in total. The standard InChI is InChI=1S/C9H19NO3/c1-3-13-9(12)7-10-6-8(2)4-5-11/h8,10-11H,3-7H2,1-2H3. The molecule has 0 heterocycles. The lowest BCUT2D eigenvalue weighted by Crippen LogP contribution is -2.29. The minimum absolute atomic E-state index is 0.197. The van der Waals surface area contributed by atoms with Gasteiger partial charge in [-0.3, -0.25) is 4.79 Å². The van der Waals surface area contributed by atoms with Gasteiger partial charge in [0.2, 0.25) is 0 Å². The zero-order valence-electron chi connectivity index (χ0n) is 8.38. The molecule has 0 saturated carbocycles. The number of rotatable bonds is 7. The van der Waals surface area contributed by atoms with E-state index in [0.717, 1.165) is 13.0 Å². The van der Waals surface area contributed by atoms with E-state index in [2.05, 4.69) is 5.32 Å². The fourth-order valence-electron chi connectivity index (χ4n) is 0.955. The van der Waals surface area contributed by atoms with Gasteiger partial charge in [0.15, 0.2) is 0 Å². The van der Waals surface area contributed by atoms with Gasteiger partial charge in [0, 0.05) is 6.61 Å². The second-order valence-electron chi connectivity index (χ2n) is 3.05. The van der Waals surface area contributed by atoms with E-state index in [9.17, 15) is 4.79 Å². The van der Waals surface area contributed by atoms with Crippen LogP contribution in [0.5, 0.6) is 0 Å². The molecule has 1 unspecified atom stereocenters. The largest absolute Gasteiger partial charge is 0.465 e. The molecule has 4 heteroatoms. The van der Waals surface area contributed by atoms with Gasteiger partial charge in [-0.25, -0.2) is 0 Å². The Balaban J connectivity index is 3.28. The number of hydrogen-bond donors (Lipinski definition) is 2. The molecule has 4 nitrogen and oxygen atoms in total. The van der Waals surface area contributed by atoms with Crippen molar-refractivity contribution >= 4 is 5.97 Å². The second-order valence-corrected chi connectivity index (χ2v) is 3.05. The van der Waals surface area contributed by atoms with Crippen LogP contribution in [0.4, 0.5) is 0 Å². The van der Waals surface area contributed by atoms with Crippen molar-refractivity contribution in [2.75, 3.05) is 26.3 Å². The fourth-order valence-corrected chi connectivity index (χ4v) is 0.955. The summed E-state index contributed by atoms with van der Waals surface area (Å²) in [5.41, 5.74) is 0. The molecule has 78 valence electrons. The Morgan fingerprint density at radius 2 is 2.31 bits per heavy atom. The van der Waals surface area contributed by atoms with Crippen molar-refractivity contribution in [3.63, 3.8) is 0 Å². The van der Waals surface area contributed by atoms with Crippen molar-refractivity contribution in [3.05, 3.63) is 0 Å². The van der Waals surface area contributed by atoms with Gasteiger partial charge in [-0.2, -0.15) is 0 Å². The van der Waals surface area contributed by atoms with E-state index < -0.39 is 0 Å². The third kappa shape index (κ3) is 7.74. The number of aliphatic hydroxyl groups excluding tert-OH is 1. The summed E-state index contributed by atoms with van der Waals surface area (Å²) in [6, 6.07) is 0. The summed E-state index contributed by atoms with van der Waals surface area (Å²) in [5.74, 6) is 0.165. The molecule has 0 aromatic rings. The van der Waals surface area contributed by atoms with Crippen LogP contribution in [0.2, 0.25) is 0 Å². The lowest BCUT2D eigenvalue weighted by Gasteiger charge is -2.10. The lowest BCUT2D eigenvalue weighted by molar-refractivity contribution is -0.142. The van der Waals surface area contributed by atoms with E-state index >= 15 is 0 Å². The van der Waals surface area contributed by atoms with Crippen LogP contribution >= 0.6 is 0 Å². The van der Waals surface area contributed by atoms with Crippen LogP contribution in [0.1, 0.15) is 20.3 Å². The zero-order valence-corrected chi connectivity index (χ0v) is 8.38. The molecule has 0 aromatic heterocycles. The van der Waals surface area contributed by atoms with Crippen LogP contribution in [-0.2, 0) is 9.53 Å². The van der Waals surface area contributed by atoms with Gasteiger partial charge in [-0.15, -0.1) is 0 Å². The Bertz CT molecular complexity index is 139. The third-order valence-corrected chi connectivity index (χ3v) is 1.69. The highest BCUT2D eigenvalue weighted by Crippen LogP contribution is 1.97. The van der Waals surface area contributed by atoms with Crippen LogP contribution in [-0.4, -0.2) is 37.4 Å². The first-order valence-corrected chi connectivity index (χ1v) is 4.67. The minimum Gasteiger partial charge on any atom is -0.465 e. The average molecular weight is 189 g/mol. The minimum atomic E-state index is -0.223. The van der Waals surface area contributed by atoms with E-state index in [4.69, 9.17) is 9.84 Å². The van der Waals surface area contributed by atoms with Gasteiger partial charge in [0.1, 0.15) is 0 Å². The van der Waals surface area contributed by atoms with Gasteiger partial charge >= 0.3 is 5.97 Å². The molecule has 0 aromatic carbocycles. The van der Waals surface area contributed by atoms with E-state index in [1.807, 2.05) is 6.92 Å². The normalized spacial score (nSPS) is 12.5. The number of ether oxygens (including phenoxy) is 1. The summed E-state index contributed by atoms with van der Waals surface area (Å²) in [6.07, 6.45) is 0.760. The van der Waals surface area contributed by atoms with Crippen molar-refractivity contribution < 1.29 is 14.6 Å². The first-order chi connectivity index (χ1) is 6.20. The number of esters is 1. The summed E-state index contributed by atoms with van der Waals surface area (Å²) in [4.78, 5) is 10.8. The van der Waals surface area contributed by atoms with Crippen molar-refractivity contribution in [2.24, 2.45) is 5.92 Å². The lowest BCUT2D eigenvalue weighted by atomic mass is 10.1. The van der Waals surface area contributed by atoms with Crippen molar-refractivity contribution in [3.8, 4) is 0 Å². The predicted octanol–water partition coefficient (Wildman–Crippen LogP) is 0.158. The van der Waals surface area contributed by atoms with E-state index in [1.165, 1.54) is 0 Å². The predicted molar refractivity (Wildman–Crippen MR) is 50.4 cm³/mol. The number of carbonyl (C=O) groups is 1. The average Bonchev–Trinajstić information content (AvgIpc) is 2.05. The van der Waals surface area contributed by atoms with E-state index in [1.54, 1.807) is 6.92 Å². The molecule has 0 spiro atoms. The molecule has 0 aliphatic carbocycles. The van der Waals surface area contributed by atoms with Crippen molar-refractivity contribution in [1.82, 2.24) is 5.32 Å². The Kier molecular flexibility index (Phi) is 7.63. The molecular formula is C9H19NO3. The van der Waals surface area contributed by atoms with Crippen LogP contribution in [0, 0.1) is 5.92 Å². The maximum absolute atomic E-state index is 10.8. The molecule has 13 heavy (non-hydrogen) atoms. The number of nitrogens with one attached hydrogen (secondary N) is 1. The molecule has 0 saturated heterocycles. The molecule has 0 bridgehead atoms. The van der Waals surface area contributed by atoms with Crippen molar-refractivity contribution in [1.29, 1.82) is 0 Å². The Morgan fingerprint density at radius 3 is 2.85 bits per heavy atom. The zero-order chi connectivity index (χ0) is 10.1. The Hall–Kier alpha value is -0.610. The highest BCUT2D eigenvalue weighted by Gasteiger charge is 2.03. The molecule has 1 atom stereocenters. The number of aliphatic hydroxyl groups is 1. The molecule has 0 aliphatic heterocycles. The molecule has 0 fully saturated rings. The quantitative estimate of drug-likeness (QED) is 0.560. The topological polar surface area (TPSA) is 58.6 Å². The van der Waals surface area contributed by atoms with E-state index in [0.29, 0.717) is 12.5 Å². The third-order valence-electron chi connectivity index (χ3n) is 1.69. The highest BCUT2D eigenvalue weighted by atomic mass is 16.5. The summed E-state index contributed by atoms with van der Waals surface area (Å²) >= 11 is 0. The molecule has 0 rings (SSSR count). The SMILES string of the molecule is CCOC(=O)CNCC(C)CCO. The van der Waals surface area contributed by atoms with Gasteiger partial charge in [0.25, 0.3) is 0 Å². The van der Waals surface area contributed by atoms with Crippen molar-refractivity contribution in [2.45, 2.75) is 20.3 Å². The first-order valence-electron chi connectivity index (χ1n) is 4.67. The first kappa shape index (κ1) is 12.4. The number of carbonyl (C=O) groups excluding carboxylic acids is 1. The smallest absolute Gasteiger partial charge is 0.319 e. The fraction of sp³-hybridized carbons (Fsp3) is 0.889. The summed E-state index contributed by atoms with van der Waals surface area (Å²) in [6.45, 7) is 5.42. The molecule has 0 aliphatic rings. The monoisotopic (exact) mass is 189 g/mol. The summed E-state index contributed by atoms with van der Waals surface area (Å²) in [5, 5.41) is 11.6. The Labute approximate surface area is 79.3 Å². The second kappa shape index (κ2) is 8.01. The summed E-state index contributed by atoms with van der Waals surface area (Å²) in [7, 11) is 0. The highest BCUT2D eigenvalue weighted by molar-refractivity contribution is 5.71. The summed E-state index contributed by atoms with van der Waals surface area (Å²) < 4.78 is 4.73. The van der Waals surface area contributed by atoms with Gasteiger partial charge in [0.05, 0.1) is 13.2 Å². The molecular weight excluding hydrogens is 170 g/mol. The number of hydrogen-bond acceptors (Lipinski definition) is 4. The molecule has 0 radical (unpaired) electrons. The van der Waals surface area contributed by atoms with Crippen LogP contribution in [0.25, 0.3) is 0 Å². The maximum atomic E-state index is 10.8. The van der Waals surface area contributed by atoms with Crippen LogP contribution < -0.4 is 5.32 Å². The Morgan fingerprint density at radius 1 is 1.62 bits per heavy atom. The van der Waals surface area contributed by atoms with Gasteiger partial charge < -0.3 is 15.2 Å². The van der Waals surface area contributed by atoms with Crippen LogP contribution in [0.3, 0.4) is 0 Å². The van der Waals surface area contributed by atoms with E-state index in [-0.39, 0.29) is 19.1 Å².